The fourth-order valence-electron chi connectivity index (χ4n) is 2.55. The van der Waals surface area contributed by atoms with Crippen molar-refractivity contribution in [2.75, 3.05) is 6.54 Å². The zero-order chi connectivity index (χ0) is 18.7. The van der Waals surface area contributed by atoms with Crippen molar-refractivity contribution in [1.29, 1.82) is 0 Å². The smallest absolute Gasteiger partial charge is 0.444 e. The van der Waals surface area contributed by atoms with Crippen LogP contribution in [0.15, 0.2) is 0 Å². The van der Waals surface area contributed by atoms with Crippen LogP contribution in [0.4, 0.5) is 18.0 Å². The molecule has 1 aliphatic heterocycles. The minimum Gasteiger partial charge on any atom is -0.444 e. The van der Waals surface area contributed by atoms with Gasteiger partial charge in [-0.15, -0.1) is 13.2 Å². The van der Waals surface area contributed by atoms with Gasteiger partial charge in [0.05, 0.1) is 6.10 Å². The Morgan fingerprint density at radius 1 is 1.25 bits per heavy atom. The summed E-state index contributed by atoms with van der Waals surface area (Å²) in [5, 5.41) is 2.44. The van der Waals surface area contributed by atoms with Crippen LogP contribution in [-0.2, 0) is 14.3 Å². The molecular weight excluding hydrogens is 329 g/mol. The molecule has 24 heavy (non-hydrogen) atoms. The van der Waals surface area contributed by atoms with E-state index in [-0.39, 0.29) is 25.3 Å². The predicted molar refractivity (Wildman–Crippen MR) is 80.2 cm³/mol. The molecule has 0 aliphatic carbocycles. The van der Waals surface area contributed by atoms with Gasteiger partial charge in [0.25, 0.3) is 0 Å². The Morgan fingerprint density at radius 2 is 1.83 bits per heavy atom. The van der Waals surface area contributed by atoms with Crippen molar-refractivity contribution in [3.05, 3.63) is 0 Å². The van der Waals surface area contributed by atoms with Gasteiger partial charge in [-0.25, -0.2) is 4.79 Å². The zero-order valence-corrected chi connectivity index (χ0v) is 14.6. The number of nitrogens with one attached hydrogen (secondary N) is 1. The van der Waals surface area contributed by atoms with E-state index in [1.165, 1.54) is 11.8 Å². The normalized spacial score (nSPS) is 23.6. The highest BCUT2D eigenvalue weighted by Gasteiger charge is 2.38. The highest BCUT2D eigenvalue weighted by molar-refractivity contribution is 5.85. The zero-order valence-electron chi connectivity index (χ0n) is 14.6. The lowest BCUT2D eigenvalue weighted by Gasteiger charge is -2.39. The van der Waals surface area contributed by atoms with Crippen LogP contribution in [-0.4, -0.2) is 53.6 Å². The highest BCUT2D eigenvalue weighted by atomic mass is 19.4. The Labute approximate surface area is 139 Å². The molecule has 1 heterocycles. The summed E-state index contributed by atoms with van der Waals surface area (Å²) < 4.78 is 45.9. The number of hydrogen-bond donors (Lipinski definition) is 1. The summed E-state index contributed by atoms with van der Waals surface area (Å²) in [6.07, 6.45) is -6.18. The molecule has 0 spiro atoms. The summed E-state index contributed by atoms with van der Waals surface area (Å²) in [6, 6.07) is -1.25. The first-order chi connectivity index (χ1) is 10.8. The second-order valence-corrected chi connectivity index (χ2v) is 6.96. The fourth-order valence-corrected chi connectivity index (χ4v) is 2.55. The number of alkyl carbamates (subject to hydrolysis) is 1. The Balaban J connectivity index is 2.55. The number of nitrogens with zero attached hydrogens (tertiary/aromatic N) is 1. The second-order valence-electron chi connectivity index (χ2n) is 6.96. The average Bonchev–Trinajstić information content (AvgIpc) is 2.33. The van der Waals surface area contributed by atoms with E-state index in [9.17, 15) is 22.8 Å². The Kier molecular flexibility index (Phi) is 6.49. The van der Waals surface area contributed by atoms with Crippen molar-refractivity contribution < 1.29 is 32.2 Å². The number of alkyl halides is 3. The lowest BCUT2D eigenvalue weighted by atomic mass is 9.99. The third kappa shape index (κ3) is 6.94. The molecule has 0 aromatic heterocycles. The number of piperidine rings is 1. The van der Waals surface area contributed by atoms with Crippen molar-refractivity contribution >= 4 is 12.0 Å². The van der Waals surface area contributed by atoms with Gasteiger partial charge in [0.2, 0.25) is 5.91 Å². The van der Waals surface area contributed by atoms with Gasteiger partial charge in [-0.3, -0.25) is 9.53 Å². The number of hydrogen-bond acceptors (Lipinski definition) is 4. The molecule has 0 aromatic carbocycles. The van der Waals surface area contributed by atoms with E-state index in [1.54, 1.807) is 27.7 Å². The van der Waals surface area contributed by atoms with Crippen LogP contribution in [0.1, 0.15) is 47.5 Å². The minimum atomic E-state index is -4.68. The molecule has 140 valence electrons. The summed E-state index contributed by atoms with van der Waals surface area (Å²) in [6.45, 7) is 8.41. The first-order valence-corrected chi connectivity index (χ1v) is 7.83. The van der Waals surface area contributed by atoms with E-state index in [4.69, 9.17) is 4.74 Å². The molecule has 0 unspecified atom stereocenters. The number of amides is 2. The van der Waals surface area contributed by atoms with Gasteiger partial charge in [-0.05, 0) is 47.5 Å². The van der Waals surface area contributed by atoms with Gasteiger partial charge in [0.1, 0.15) is 11.6 Å². The summed E-state index contributed by atoms with van der Waals surface area (Å²) in [7, 11) is 0. The number of carbonyl (C=O) groups excluding carboxylic acids is 2. The monoisotopic (exact) mass is 354 g/mol. The summed E-state index contributed by atoms with van der Waals surface area (Å²) in [4.78, 5) is 25.5. The van der Waals surface area contributed by atoms with Crippen LogP contribution in [0.25, 0.3) is 0 Å². The standard InChI is InChI=1S/C15H25F3N2O4/c1-9-8-11(23-15(16,17)18)6-7-20(9)12(21)10(2)19-13(22)24-14(3,4)5/h9-11H,6-8H2,1-5H3,(H,19,22)/t9-,10-,11-/m1/s1. The molecule has 6 nitrogen and oxygen atoms in total. The number of halogens is 3. The Bertz CT molecular complexity index is 463. The van der Waals surface area contributed by atoms with Gasteiger partial charge in [-0.1, -0.05) is 0 Å². The number of ether oxygens (including phenoxy) is 2. The number of carbonyl (C=O) groups is 2. The van der Waals surface area contributed by atoms with Crippen molar-refractivity contribution in [3.63, 3.8) is 0 Å². The molecule has 9 heteroatoms. The molecule has 1 rings (SSSR count). The van der Waals surface area contributed by atoms with Crippen molar-refractivity contribution in [1.82, 2.24) is 10.2 Å². The topological polar surface area (TPSA) is 67.9 Å². The molecular formula is C15H25F3N2O4. The molecule has 1 aliphatic rings. The number of likely N-dealkylation sites (tertiary alicyclic amines) is 1. The maximum atomic E-state index is 12.4. The molecule has 2 amide bonds. The van der Waals surface area contributed by atoms with Gasteiger partial charge >= 0.3 is 12.5 Å². The van der Waals surface area contributed by atoms with E-state index in [0.29, 0.717) is 0 Å². The fraction of sp³-hybridized carbons (Fsp3) is 0.867. The average molecular weight is 354 g/mol. The highest BCUT2D eigenvalue weighted by Crippen LogP contribution is 2.27. The maximum Gasteiger partial charge on any atom is 0.522 e. The number of rotatable bonds is 3. The molecule has 0 bridgehead atoms. The quantitative estimate of drug-likeness (QED) is 0.846. The second kappa shape index (κ2) is 7.58. The Hall–Kier alpha value is -1.51. The van der Waals surface area contributed by atoms with Gasteiger partial charge in [0, 0.05) is 12.6 Å². The third-order valence-corrected chi connectivity index (χ3v) is 3.52. The van der Waals surface area contributed by atoms with Crippen LogP contribution in [0.3, 0.4) is 0 Å². The lowest BCUT2D eigenvalue weighted by molar-refractivity contribution is -0.346. The van der Waals surface area contributed by atoms with Gasteiger partial charge < -0.3 is 15.0 Å². The van der Waals surface area contributed by atoms with E-state index in [2.05, 4.69) is 10.1 Å². The van der Waals surface area contributed by atoms with Gasteiger partial charge in [-0.2, -0.15) is 0 Å². The molecule has 3 atom stereocenters. The van der Waals surface area contributed by atoms with Crippen molar-refractivity contribution in [2.24, 2.45) is 0 Å². The van der Waals surface area contributed by atoms with Crippen molar-refractivity contribution in [3.8, 4) is 0 Å². The third-order valence-electron chi connectivity index (χ3n) is 3.52. The van der Waals surface area contributed by atoms with E-state index < -0.39 is 36.2 Å². The minimum absolute atomic E-state index is 0.0877. The molecule has 0 radical (unpaired) electrons. The van der Waals surface area contributed by atoms with Crippen LogP contribution in [0.5, 0.6) is 0 Å². The molecule has 1 saturated heterocycles. The van der Waals surface area contributed by atoms with Crippen LogP contribution in [0, 0.1) is 0 Å². The van der Waals surface area contributed by atoms with Crippen molar-refractivity contribution in [2.45, 2.75) is 77.6 Å². The molecule has 1 fully saturated rings. The summed E-state index contributed by atoms with van der Waals surface area (Å²) >= 11 is 0. The van der Waals surface area contributed by atoms with Crippen LogP contribution >= 0.6 is 0 Å². The largest absolute Gasteiger partial charge is 0.522 e. The van der Waals surface area contributed by atoms with Crippen LogP contribution in [0.2, 0.25) is 0 Å². The van der Waals surface area contributed by atoms with E-state index in [1.807, 2.05) is 0 Å². The van der Waals surface area contributed by atoms with E-state index in [0.717, 1.165) is 0 Å². The SMILES string of the molecule is C[C@@H]1C[C@H](OC(F)(F)F)CCN1C(=O)[C@@H](C)NC(=O)OC(C)(C)C. The first kappa shape index (κ1) is 20.5. The summed E-state index contributed by atoms with van der Waals surface area (Å²) in [5.74, 6) is -0.362. The first-order valence-electron chi connectivity index (χ1n) is 7.83. The lowest BCUT2D eigenvalue weighted by Crippen LogP contribution is -2.54. The van der Waals surface area contributed by atoms with Gasteiger partial charge in [0.15, 0.2) is 0 Å². The predicted octanol–water partition coefficient (Wildman–Crippen LogP) is 2.82. The maximum absolute atomic E-state index is 12.4. The Morgan fingerprint density at radius 3 is 2.29 bits per heavy atom. The van der Waals surface area contributed by atoms with Crippen LogP contribution < -0.4 is 5.32 Å². The molecule has 1 N–H and O–H groups in total. The van der Waals surface area contributed by atoms with E-state index >= 15 is 0 Å². The molecule has 0 aromatic rings. The molecule has 0 saturated carbocycles. The summed E-state index contributed by atoms with van der Waals surface area (Å²) in [5.41, 5.74) is -0.687.